The molecule has 2 saturated heterocycles. The van der Waals surface area contributed by atoms with Crippen molar-refractivity contribution >= 4 is 0 Å². The molecule has 2 heterocycles. The molecule has 2 fully saturated rings. The molecule has 2 aliphatic heterocycles. The Labute approximate surface area is 129 Å². The molecule has 21 heavy (non-hydrogen) atoms. The number of likely N-dealkylation sites (N-methyl/N-ethyl adjacent to an activating group) is 1. The number of hydrogen-bond acceptors (Lipinski definition) is 4. The molecule has 0 aromatic carbocycles. The summed E-state index contributed by atoms with van der Waals surface area (Å²) in [5, 5.41) is 3.58. The first-order valence-corrected chi connectivity index (χ1v) is 8.68. The quantitative estimate of drug-likeness (QED) is 0.784. The number of nitrogens with one attached hydrogen (secondary N) is 1. The van der Waals surface area contributed by atoms with Gasteiger partial charge in [0.05, 0.1) is 17.8 Å². The third-order valence-electron chi connectivity index (χ3n) is 5.58. The van der Waals surface area contributed by atoms with Gasteiger partial charge in [0.2, 0.25) is 0 Å². The standard InChI is InChI=1S/C17H33NO3/c1-5-17(6-2,20-7-3)15(18-4)14-8-10-21-16(12-14)9-11-19-13-16/h14-15,18H,5-13H2,1-4H3. The van der Waals surface area contributed by atoms with Gasteiger partial charge in [0.15, 0.2) is 0 Å². The molecule has 4 nitrogen and oxygen atoms in total. The zero-order valence-electron chi connectivity index (χ0n) is 14.2. The maximum absolute atomic E-state index is 6.25. The maximum Gasteiger partial charge on any atom is 0.0939 e. The third kappa shape index (κ3) is 3.44. The smallest absolute Gasteiger partial charge is 0.0939 e. The van der Waals surface area contributed by atoms with Crippen LogP contribution in [0, 0.1) is 5.92 Å². The molecular weight excluding hydrogens is 266 g/mol. The van der Waals surface area contributed by atoms with Crippen molar-refractivity contribution in [1.82, 2.24) is 5.32 Å². The first-order valence-electron chi connectivity index (χ1n) is 8.68. The van der Waals surface area contributed by atoms with Crippen LogP contribution in [0.1, 0.15) is 52.9 Å². The molecule has 3 unspecified atom stereocenters. The fourth-order valence-electron chi connectivity index (χ4n) is 4.41. The van der Waals surface area contributed by atoms with Crippen LogP contribution in [-0.4, -0.2) is 50.7 Å². The van der Waals surface area contributed by atoms with Gasteiger partial charge in [-0.3, -0.25) is 0 Å². The van der Waals surface area contributed by atoms with Crippen molar-refractivity contribution in [3.8, 4) is 0 Å². The van der Waals surface area contributed by atoms with Crippen molar-refractivity contribution in [3.63, 3.8) is 0 Å². The molecular formula is C17H33NO3. The summed E-state index contributed by atoms with van der Waals surface area (Å²) in [7, 11) is 2.08. The second kappa shape index (κ2) is 7.40. The van der Waals surface area contributed by atoms with E-state index in [9.17, 15) is 0 Å². The second-order valence-corrected chi connectivity index (χ2v) is 6.56. The summed E-state index contributed by atoms with van der Waals surface area (Å²) in [6.07, 6.45) is 5.34. The van der Waals surface area contributed by atoms with E-state index in [1.807, 2.05) is 0 Å². The predicted octanol–water partition coefficient (Wildman–Crippen LogP) is 2.76. The Bertz CT molecular complexity index is 311. The summed E-state index contributed by atoms with van der Waals surface area (Å²) in [5.74, 6) is 0.594. The highest BCUT2D eigenvalue weighted by Crippen LogP contribution is 2.41. The largest absolute Gasteiger partial charge is 0.378 e. The molecule has 4 heteroatoms. The van der Waals surface area contributed by atoms with Crippen LogP contribution >= 0.6 is 0 Å². The van der Waals surface area contributed by atoms with Gasteiger partial charge in [-0.15, -0.1) is 0 Å². The summed E-state index contributed by atoms with van der Waals surface area (Å²) >= 11 is 0. The molecule has 0 aromatic rings. The van der Waals surface area contributed by atoms with Gasteiger partial charge < -0.3 is 19.5 Å². The van der Waals surface area contributed by atoms with Gasteiger partial charge in [-0.05, 0) is 45.6 Å². The molecule has 124 valence electrons. The number of rotatable bonds is 7. The van der Waals surface area contributed by atoms with Gasteiger partial charge in [0.1, 0.15) is 0 Å². The summed E-state index contributed by atoms with van der Waals surface area (Å²) < 4.78 is 18.0. The fraction of sp³-hybridized carbons (Fsp3) is 1.00. The SMILES string of the molecule is CCOC(CC)(CC)C(NC)C1CCOC2(CCOC2)C1. The minimum Gasteiger partial charge on any atom is -0.378 e. The average molecular weight is 299 g/mol. The Hall–Kier alpha value is -0.160. The molecule has 3 atom stereocenters. The molecule has 0 radical (unpaired) electrons. The lowest BCUT2D eigenvalue weighted by Crippen LogP contribution is -2.58. The highest BCUT2D eigenvalue weighted by Gasteiger charge is 2.47. The van der Waals surface area contributed by atoms with Crippen molar-refractivity contribution in [2.24, 2.45) is 5.92 Å². The van der Waals surface area contributed by atoms with E-state index in [-0.39, 0.29) is 11.2 Å². The molecule has 2 aliphatic rings. The van der Waals surface area contributed by atoms with Gasteiger partial charge >= 0.3 is 0 Å². The maximum atomic E-state index is 6.25. The zero-order valence-corrected chi connectivity index (χ0v) is 14.2. The molecule has 1 spiro atoms. The molecule has 2 rings (SSSR count). The molecule has 0 saturated carbocycles. The molecule has 0 amide bonds. The monoisotopic (exact) mass is 299 g/mol. The van der Waals surface area contributed by atoms with Crippen LogP contribution in [0.4, 0.5) is 0 Å². The number of hydrogen-bond donors (Lipinski definition) is 1. The van der Waals surface area contributed by atoms with E-state index in [1.165, 1.54) is 0 Å². The normalized spacial score (nSPS) is 31.7. The van der Waals surface area contributed by atoms with E-state index in [2.05, 4.69) is 33.1 Å². The zero-order chi connectivity index (χ0) is 15.3. The topological polar surface area (TPSA) is 39.7 Å². The van der Waals surface area contributed by atoms with Crippen LogP contribution < -0.4 is 5.32 Å². The molecule has 1 N–H and O–H groups in total. The van der Waals surface area contributed by atoms with E-state index in [4.69, 9.17) is 14.2 Å². The lowest BCUT2D eigenvalue weighted by atomic mass is 9.73. The van der Waals surface area contributed by atoms with E-state index >= 15 is 0 Å². The van der Waals surface area contributed by atoms with Crippen molar-refractivity contribution in [2.75, 3.05) is 33.5 Å². The van der Waals surface area contributed by atoms with Crippen LogP contribution in [-0.2, 0) is 14.2 Å². The van der Waals surface area contributed by atoms with Crippen molar-refractivity contribution in [3.05, 3.63) is 0 Å². The summed E-state index contributed by atoms with van der Waals surface area (Å²) in [6, 6.07) is 0.383. The molecule has 0 aliphatic carbocycles. The van der Waals surface area contributed by atoms with Crippen LogP contribution in [0.2, 0.25) is 0 Å². The van der Waals surface area contributed by atoms with Gasteiger partial charge in [-0.25, -0.2) is 0 Å². The number of ether oxygens (including phenoxy) is 3. The lowest BCUT2D eigenvalue weighted by Gasteiger charge is -2.47. The van der Waals surface area contributed by atoms with Crippen molar-refractivity contribution < 1.29 is 14.2 Å². The van der Waals surface area contributed by atoms with E-state index in [1.54, 1.807) is 0 Å². The van der Waals surface area contributed by atoms with Crippen LogP contribution in [0.25, 0.3) is 0 Å². The van der Waals surface area contributed by atoms with E-state index in [0.29, 0.717) is 12.0 Å². The lowest BCUT2D eigenvalue weighted by molar-refractivity contribution is -0.134. The van der Waals surface area contributed by atoms with Crippen molar-refractivity contribution in [1.29, 1.82) is 0 Å². The third-order valence-corrected chi connectivity index (χ3v) is 5.58. The highest BCUT2D eigenvalue weighted by atomic mass is 16.6. The van der Waals surface area contributed by atoms with Crippen LogP contribution in [0.3, 0.4) is 0 Å². The summed E-state index contributed by atoms with van der Waals surface area (Å²) in [4.78, 5) is 0. The Morgan fingerprint density at radius 3 is 2.57 bits per heavy atom. The minimum atomic E-state index is -0.0633. The Kier molecular flexibility index (Phi) is 6.06. The second-order valence-electron chi connectivity index (χ2n) is 6.56. The predicted molar refractivity (Wildman–Crippen MR) is 84.6 cm³/mol. The minimum absolute atomic E-state index is 0.0303. The summed E-state index contributed by atoms with van der Waals surface area (Å²) in [6.45, 7) is 9.83. The Morgan fingerprint density at radius 2 is 2.05 bits per heavy atom. The fourth-order valence-corrected chi connectivity index (χ4v) is 4.41. The first-order chi connectivity index (χ1) is 10.2. The molecule has 0 aromatic heterocycles. The average Bonchev–Trinajstić information content (AvgIpc) is 2.95. The Balaban J connectivity index is 2.14. The summed E-state index contributed by atoms with van der Waals surface area (Å²) in [5.41, 5.74) is -0.0936. The van der Waals surface area contributed by atoms with Gasteiger partial charge in [0, 0.05) is 32.3 Å². The van der Waals surface area contributed by atoms with Crippen LogP contribution in [0.15, 0.2) is 0 Å². The van der Waals surface area contributed by atoms with Crippen LogP contribution in [0.5, 0.6) is 0 Å². The van der Waals surface area contributed by atoms with Gasteiger partial charge in [0.25, 0.3) is 0 Å². The Morgan fingerprint density at radius 1 is 1.29 bits per heavy atom. The van der Waals surface area contributed by atoms with Gasteiger partial charge in [-0.2, -0.15) is 0 Å². The van der Waals surface area contributed by atoms with E-state index < -0.39 is 0 Å². The van der Waals surface area contributed by atoms with Gasteiger partial charge in [-0.1, -0.05) is 13.8 Å². The molecule has 0 bridgehead atoms. The highest BCUT2D eigenvalue weighted by molar-refractivity contribution is 5.00. The van der Waals surface area contributed by atoms with E-state index in [0.717, 1.165) is 58.5 Å². The first kappa shape index (κ1) is 17.2. The van der Waals surface area contributed by atoms with Crippen molar-refractivity contribution in [2.45, 2.75) is 70.1 Å².